The molecule has 0 bridgehead atoms. The van der Waals surface area contributed by atoms with E-state index in [0.717, 1.165) is 12.8 Å². The summed E-state index contributed by atoms with van der Waals surface area (Å²) in [5, 5.41) is 3.14. The number of carbonyl (C=O) groups is 1. The van der Waals surface area contributed by atoms with Crippen LogP contribution in [-0.2, 0) is 4.79 Å². The minimum atomic E-state index is -0.745. The van der Waals surface area contributed by atoms with Crippen molar-refractivity contribution >= 4 is 23.1 Å². The van der Waals surface area contributed by atoms with Gasteiger partial charge in [-0.2, -0.15) is 0 Å². The Labute approximate surface area is 110 Å². The summed E-state index contributed by atoms with van der Waals surface area (Å²) < 4.78 is 0. The summed E-state index contributed by atoms with van der Waals surface area (Å²) in [7, 11) is 0. The lowest BCUT2D eigenvalue weighted by atomic mass is 9.82. The zero-order valence-electron chi connectivity index (χ0n) is 11.1. The fourth-order valence-corrected chi connectivity index (χ4v) is 2.44. The average Bonchev–Trinajstić information content (AvgIpc) is 2.29. The molecule has 1 amide bonds. The van der Waals surface area contributed by atoms with Crippen molar-refractivity contribution < 1.29 is 4.79 Å². The average molecular weight is 256 g/mol. The molecule has 0 aromatic rings. The first kappa shape index (κ1) is 14.4. The van der Waals surface area contributed by atoms with Gasteiger partial charge in [-0.1, -0.05) is 38.4 Å². The van der Waals surface area contributed by atoms with Gasteiger partial charge in [0, 0.05) is 6.04 Å². The van der Waals surface area contributed by atoms with Crippen LogP contribution in [0.5, 0.6) is 0 Å². The molecule has 1 fully saturated rings. The van der Waals surface area contributed by atoms with Gasteiger partial charge in [0.15, 0.2) is 0 Å². The number of thiocarbonyl (C=S) groups is 1. The Balaban J connectivity index is 2.63. The molecule has 1 rings (SSSR count). The van der Waals surface area contributed by atoms with Crippen LogP contribution in [0.25, 0.3) is 0 Å². The summed E-state index contributed by atoms with van der Waals surface area (Å²) in [4.78, 5) is 12.4. The second-order valence-electron chi connectivity index (χ2n) is 5.52. The van der Waals surface area contributed by atoms with Crippen LogP contribution in [0.2, 0.25) is 0 Å². The minimum absolute atomic E-state index is 0.0321. The molecule has 0 aromatic carbocycles. The standard InChI is InChI=1S/C13H24N2OS/c1-4-9-7-5-6-8-10(9)15-12(16)13(2,3)11(14)17/h9-10H,4-8H2,1-3H3,(H2,14,17)(H,15,16). The second kappa shape index (κ2) is 5.80. The van der Waals surface area contributed by atoms with Crippen molar-refractivity contribution in [2.45, 2.75) is 58.9 Å². The monoisotopic (exact) mass is 256 g/mol. The van der Waals surface area contributed by atoms with Gasteiger partial charge in [0.1, 0.15) is 0 Å². The number of hydrogen-bond donors (Lipinski definition) is 2. The van der Waals surface area contributed by atoms with Gasteiger partial charge in [0.2, 0.25) is 5.91 Å². The first-order valence-electron chi connectivity index (χ1n) is 6.50. The van der Waals surface area contributed by atoms with Crippen LogP contribution in [0.4, 0.5) is 0 Å². The highest BCUT2D eigenvalue weighted by atomic mass is 32.1. The van der Waals surface area contributed by atoms with Crippen LogP contribution in [0, 0.1) is 11.3 Å². The molecule has 2 atom stereocenters. The first-order chi connectivity index (χ1) is 7.89. The molecule has 0 aromatic heterocycles. The van der Waals surface area contributed by atoms with Gasteiger partial charge >= 0.3 is 0 Å². The molecule has 98 valence electrons. The van der Waals surface area contributed by atoms with E-state index < -0.39 is 5.41 Å². The summed E-state index contributed by atoms with van der Waals surface area (Å²) in [6.45, 7) is 5.76. The Hall–Kier alpha value is -0.640. The summed E-state index contributed by atoms with van der Waals surface area (Å²) in [6, 6.07) is 0.301. The molecule has 0 radical (unpaired) electrons. The van der Waals surface area contributed by atoms with E-state index in [-0.39, 0.29) is 10.9 Å². The highest BCUT2D eigenvalue weighted by molar-refractivity contribution is 7.80. The highest BCUT2D eigenvalue weighted by Crippen LogP contribution is 2.28. The van der Waals surface area contributed by atoms with Gasteiger partial charge in [-0.05, 0) is 32.6 Å². The van der Waals surface area contributed by atoms with E-state index in [1.807, 2.05) is 0 Å². The van der Waals surface area contributed by atoms with Crippen molar-refractivity contribution in [1.29, 1.82) is 0 Å². The van der Waals surface area contributed by atoms with E-state index >= 15 is 0 Å². The molecule has 1 saturated carbocycles. The van der Waals surface area contributed by atoms with Crippen LogP contribution in [0.15, 0.2) is 0 Å². The van der Waals surface area contributed by atoms with Gasteiger partial charge in [-0.15, -0.1) is 0 Å². The highest BCUT2D eigenvalue weighted by Gasteiger charge is 2.34. The number of carbonyl (C=O) groups excluding carboxylic acids is 1. The van der Waals surface area contributed by atoms with Crippen LogP contribution >= 0.6 is 12.2 Å². The van der Waals surface area contributed by atoms with Crippen molar-refractivity contribution in [2.24, 2.45) is 17.1 Å². The van der Waals surface area contributed by atoms with Crippen molar-refractivity contribution in [2.75, 3.05) is 0 Å². The third-order valence-corrected chi connectivity index (χ3v) is 4.44. The molecule has 1 aliphatic carbocycles. The fourth-order valence-electron chi connectivity index (χ4n) is 2.35. The molecule has 0 heterocycles. The molecule has 0 saturated heterocycles. The maximum absolute atomic E-state index is 12.2. The number of nitrogens with one attached hydrogen (secondary N) is 1. The lowest BCUT2D eigenvalue weighted by molar-refractivity contribution is -0.127. The first-order valence-corrected chi connectivity index (χ1v) is 6.91. The maximum Gasteiger partial charge on any atom is 0.232 e. The number of hydrogen-bond acceptors (Lipinski definition) is 2. The molecule has 4 heteroatoms. The van der Waals surface area contributed by atoms with E-state index in [1.165, 1.54) is 19.3 Å². The summed E-state index contributed by atoms with van der Waals surface area (Å²) in [5.74, 6) is 0.574. The van der Waals surface area contributed by atoms with Crippen LogP contribution < -0.4 is 11.1 Å². The Morgan fingerprint density at radius 3 is 2.53 bits per heavy atom. The maximum atomic E-state index is 12.2. The summed E-state index contributed by atoms with van der Waals surface area (Å²) >= 11 is 4.95. The summed E-state index contributed by atoms with van der Waals surface area (Å²) in [6.07, 6.45) is 5.91. The minimum Gasteiger partial charge on any atom is -0.392 e. The molecule has 3 nitrogen and oxygen atoms in total. The molecule has 17 heavy (non-hydrogen) atoms. The Kier molecular flexibility index (Phi) is 4.92. The lowest BCUT2D eigenvalue weighted by Gasteiger charge is -2.34. The SMILES string of the molecule is CCC1CCCCC1NC(=O)C(C)(C)C(N)=S. The largest absolute Gasteiger partial charge is 0.392 e. The van der Waals surface area contributed by atoms with E-state index in [9.17, 15) is 4.79 Å². The quantitative estimate of drug-likeness (QED) is 0.759. The van der Waals surface area contributed by atoms with E-state index in [1.54, 1.807) is 13.8 Å². The van der Waals surface area contributed by atoms with Gasteiger partial charge in [-0.25, -0.2) is 0 Å². The summed E-state index contributed by atoms with van der Waals surface area (Å²) in [5.41, 5.74) is 4.87. The zero-order chi connectivity index (χ0) is 13.1. The van der Waals surface area contributed by atoms with Crippen molar-refractivity contribution in [1.82, 2.24) is 5.32 Å². The number of rotatable bonds is 4. The Morgan fingerprint density at radius 1 is 1.41 bits per heavy atom. The van der Waals surface area contributed by atoms with E-state index in [4.69, 9.17) is 18.0 Å². The molecule has 3 N–H and O–H groups in total. The predicted octanol–water partition coefficient (Wildman–Crippen LogP) is 2.38. The Morgan fingerprint density at radius 2 is 2.00 bits per heavy atom. The van der Waals surface area contributed by atoms with Gasteiger partial charge in [0.25, 0.3) is 0 Å². The molecular formula is C13H24N2OS. The number of amides is 1. The lowest BCUT2D eigenvalue weighted by Crippen LogP contribution is -2.51. The number of nitrogens with two attached hydrogens (primary N) is 1. The van der Waals surface area contributed by atoms with Crippen LogP contribution in [0.1, 0.15) is 52.9 Å². The molecular weight excluding hydrogens is 232 g/mol. The van der Waals surface area contributed by atoms with Crippen molar-refractivity contribution in [3.8, 4) is 0 Å². The predicted molar refractivity (Wildman–Crippen MR) is 74.7 cm³/mol. The van der Waals surface area contributed by atoms with Crippen LogP contribution in [-0.4, -0.2) is 16.9 Å². The molecule has 0 spiro atoms. The van der Waals surface area contributed by atoms with Crippen molar-refractivity contribution in [3.63, 3.8) is 0 Å². The zero-order valence-corrected chi connectivity index (χ0v) is 11.9. The third-order valence-electron chi connectivity index (χ3n) is 3.93. The topological polar surface area (TPSA) is 55.1 Å². The van der Waals surface area contributed by atoms with Gasteiger partial charge < -0.3 is 11.1 Å². The third kappa shape index (κ3) is 3.41. The van der Waals surface area contributed by atoms with Crippen molar-refractivity contribution in [3.05, 3.63) is 0 Å². The Bertz CT molecular complexity index is 302. The van der Waals surface area contributed by atoms with Crippen LogP contribution in [0.3, 0.4) is 0 Å². The smallest absolute Gasteiger partial charge is 0.232 e. The molecule has 2 unspecified atom stereocenters. The normalized spacial score (nSPS) is 25.4. The molecule has 0 aliphatic heterocycles. The van der Waals surface area contributed by atoms with E-state index in [0.29, 0.717) is 12.0 Å². The van der Waals surface area contributed by atoms with Gasteiger partial charge in [0.05, 0.1) is 10.4 Å². The molecule has 1 aliphatic rings. The van der Waals surface area contributed by atoms with E-state index in [2.05, 4.69) is 12.2 Å². The van der Waals surface area contributed by atoms with Gasteiger partial charge in [-0.3, -0.25) is 4.79 Å². The second-order valence-corrected chi connectivity index (χ2v) is 5.96. The fraction of sp³-hybridized carbons (Fsp3) is 0.846.